The summed E-state index contributed by atoms with van der Waals surface area (Å²) >= 11 is 0. The Labute approximate surface area is 119 Å². The molecular weight excluding hydrogens is 250 g/mol. The molecule has 2 N–H and O–H groups in total. The van der Waals surface area contributed by atoms with Crippen LogP contribution in [-0.4, -0.2) is 17.9 Å². The van der Waals surface area contributed by atoms with Crippen molar-refractivity contribution in [2.24, 2.45) is 0 Å². The fourth-order valence-corrected chi connectivity index (χ4v) is 2.21. The lowest BCUT2D eigenvalue weighted by Crippen LogP contribution is -2.27. The summed E-state index contributed by atoms with van der Waals surface area (Å²) in [4.78, 5) is 18.3. The predicted molar refractivity (Wildman–Crippen MR) is 82.0 cm³/mol. The molecule has 0 fully saturated rings. The molecule has 104 valence electrons. The van der Waals surface area contributed by atoms with E-state index < -0.39 is 0 Å². The van der Waals surface area contributed by atoms with Crippen LogP contribution in [0.2, 0.25) is 0 Å². The van der Waals surface area contributed by atoms with E-state index in [0.717, 1.165) is 16.8 Å². The Kier molecular flexibility index (Phi) is 3.74. The summed E-state index contributed by atoms with van der Waals surface area (Å²) < 4.78 is 0. The molecule has 0 aliphatic rings. The van der Waals surface area contributed by atoms with Crippen LogP contribution in [0, 0.1) is 20.8 Å². The number of aryl methyl sites for hydroxylation is 3. The monoisotopic (exact) mass is 269 g/mol. The van der Waals surface area contributed by atoms with E-state index in [1.165, 1.54) is 0 Å². The van der Waals surface area contributed by atoms with E-state index in [4.69, 9.17) is 5.73 Å². The number of anilines is 2. The van der Waals surface area contributed by atoms with Gasteiger partial charge in [-0.1, -0.05) is 6.07 Å². The maximum atomic E-state index is 12.6. The summed E-state index contributed by atoms with van der Waals surface area (Å²) in [5.41, 5.74) is 10.6. The van der Waals surface area contributed by atoms with Crippen molar-refractivity contribution in [2.75, 3.05) is 17.7 Å². The molecule has 0 unspecified atom stereocenters. The highest BCUT2D eigenvalue weighted by Crippen LogP contribution is 2.21. The number of nitrogens with two attached hydrogens (primary N) is 1. The maximum Gasteiger partial charge on any atom is 0.259 e. The van der Waals surface area contributed by atoms with Crippen LogP contribution in [0.3, 0.4) is 0 Å². The number of nitrogen functional groups attached to an aromatic ring is 1. The van der Waals surface area contributed by atoms with Gasteiger partial charge in [-0.15, -0.1) is 0 Å². The Morgan fingerprint density at radius 3 is 2.30 bits per heavy atom. The van der Waals surface area contributed by atoms with Crippen molar-refractivity contribution in [1.82, 2.24) is 4.98 Å². The van der Waals surface area contributed by atoms with Crippen molar-refractivity contribution >= 4 is 17.3 Å². The molecule has 0 saturated heterocycles. The lowest BCUT2D eigenvalue weighted by Gasteiger charge is -2.19. The minimum Gasteiger partial charge on any atom is -0.397 e. The van der Waals surface area contributed by atoms with Gasteiger partial charge in [-0.25, -0.2) is 0 Å². The second-order valence-electron chi connectivity index (χ2n) is 5.11. The second-order valence-corrected chi connectivity index (χ2v) is 5.11. The van der Waals surface area contributed by atoms with E-state index in [9.17, 15) is 4.79 Å². The zero-order valence-electron chi connectivity index (χ0n) is 12.3. The van der Waals surface area contributed by atoms with Crippen LogP contribution in [-0.2, 0) is 0 Å². The SMILES string of the molecule is Cc1cc(C)cc(N(C)C(=O)c2cc(N)cnc2C)c1. The normalized spacial score (nSPS) is 10.4. The van der Waals surface area contributed by atoms with Gasteiger partial charge in [0.1, 0.15) is 0 Å². The number of amides is 1. The van der Waals surface area contributed by atoms with Gasteiger partial charge >= 0.3 is 0 Å². The number of rotatable bonds is 2. The van der Waals surface area contributed by atoms with Crippen molar-refractivity contribution in [1.29, 1.82) is 0 Å². The number of hydrogen-bond acceptors (Lipinski definition) is 3. The standard InChI is InChI=1S/C16H19N3O/c1-10-5-11(2)7-14(6-10)19(4)16(20)15-8-13(17)9-18-12(15)3/h5-9H,17H2,1-4H3. The average Bonchev–Trinajstić information content (AvgIpc) is 2.38. The lowest BCUT2D eigenvalue weighted by atomic mass is 10.1. The summed E-state index contributed by atoms with van der Waals surface area (Å²) in [5.74, 6) is -0.104. The van der Waals surface area contributed by atoms with Gasteiger partial charge in [0.2, 0.25) is 0 Å². The third-order valence-electron chi connectivity index (χ3n) is 3.24. The van der Waals surface area contributed by atoms with Crippen molar-refractivity contribution < 1.29 is 4.79 Å². The highest BCUT2D eigenvalue weighted by Gasteiger charge is 2.17. The van der Waals surface area contributed by atoms with E-state index in [1.807, 2.05) is 32.9 Å². The molecule has 0 aliphatic heterocycles. The molecule has 2 rings (SSSR count). The van der Waals surface area contributed by atoms with E-state index in [2.05, 4.69) is 11.1 Å². The summed E-state index contributed by atoms with van der Waals surface area (Å²) in [6.45, 7) is 5.84. The van der Waals surface area contributed by atoms with Crippen LogP contribution in [0.15, 0.2) is 30.5 Å². The zero-order chi connectivity index (χ0) is 14.9. The topological polar surface area (TPSA) is 59.2 Å². The smallest absolute Gasteiger partial charge is 0.259 e. The lowest BCUT2D eigenvalue weighted by molar-refractivity contribution is 0.0992. The third-order valence-corrected chi connectivity index (χ3v) is 3.24. The molecule has 1 heterocycles. The summed E-state index contributed by atoms with van der Waals surface area (Å²) in [5, 5.41) is 0. The third kappa shape index (κ3) is 2.79. The van der Waals surface area contributed by atoms with Gasteiger partial charge in [0.15, 0.2) is 0 Å². The minimum absolute atomic E-state index is 0.104. The molecule has 0 aliphatic carbocycles. The van der Waals surface area contributed by atoms with Crippen molar-refractivity contribution in [3.63, 3.8) is 0 Å². The molecule has 20 heavy (non-hydrogen) atoms. The Morgan fingerprint density at radius 1 is 1.10 bits per heavy atom. The molecule has 1 aromatic heterocycles. The molecule has 2 aromatic rings. The Bertz CT molecular complexity index is 645. The highest BCUT2D eigenvalue weighted by molar-refractivity contribution is 6.06. The number of benzene rings is 1. The van der Waals surface area contributed by atoms with Gasteiger partial charge in [-0.2, -0.15) is 0 Å². The van der Waals surface area contributed by atoms with Gasteiger partial charge in [-0.05, 0) is 50.1 Å². The molecule has 1 aromatic carbocycles. The first-order chi connectivity index (χ1) is 9.38. The quantitative estimate of drug-likeness (QED) is 0.912. The first kappa shape index (κ1) is 14.1. The number of carbonyl (C=O) groups is 1. The summed E-state index contributed by atoms with van der Waals surface area (Å²) in [6.07, 6.45) is 1.56. The van der Waals surface area contributed by atoms with Gasteiger partial charge in [0.25, 0.3) is 5.91 Å². The van der Waals surface area contributed by atoms with E-state index in [1.54, 1.807) is 24.2 Å². The molecule has 0 radical (unpaired) electrons. The van der Waals surface area contributed by atoms with Crippen LogP contribution in [0.5, 0.6) is 0 Å². The number of aromatic nitrogens is 1. The van der Waals surface area contributed by atoms with Crippen molar-refractivity contribution in [2.45, 2.75) is 20.8 Å². The molecular formula is C16H19N3O. The molecule has 1 amide bonds. The zero-order valence-corrected chi connectivity index (χ0v) is 12.3. The summed E-state index contributed by atoms with van der Waals surface area (Å²) in [6, 6.07) is 7.72. The molecule has 0 bridgehead atoms. The number of carbonyl (C=O) groups excluding carboxylic acids is 1. The van der Waals surface area contributed by atoms with Gasteiger partial charge in [0.05, 0.1) is 23.1 Å². The fourth-order valence-electron chi connectivity index (χ4n) is 2.21. The van der Waals surface area contributed by atoms with E-state index >= 15 is 0 Å². The van der Waals surface area contributed by atoms with Crippen molar-refractivity contribution in [3.05, 3.63) is 52.8 Å². The van der Waals surface area contributed by atoms with Crippen LogP contribution in [0.25, 0.3) is 0 Å². The van der Waals surface area contributed by atoms with E-state index in [0.29, 0.717) is 16.9 Å². The summed E-state index contributed by atoms with van der Waals surface area (Å²) in [7, 11) is 1.76. The van der Waals surface area contributed by atoms with Crippen LogP contribution < -0.4 is 10.6 Å². The van der Waals surface area contributed by atoms with Crippen LogP contribution >= 0.6 is 0 Å². The maximum absolute atomic E-state index is 12.6. The number of nitrogens with zero attached hydrogens (tertiary/aromatic N) is 2. The predicted octanol–water partition coefficient (Wildman–Crippen LogP) is 2.87. The first-order valence-electron chi connectivity index (χ1n) is 6.47. The fraction of sp³-hybridized carbons (Fsp3) is 0.250. The average molecular weight is 269 g/mol. The van der Waals surface area contributed by atoms with Crippen LogP contribution in [0.4, 0.5) is 11.4 Å². The Balaban J connectivity index is 2.39. The Hall–Kier alpha value is -2.36. The molecule has 4 nitrogen and oxygen atoms in total. The molecule has 4 heteroatoms. The molecule has 0 saturated carbocycles. The van der Waals surface area contributed by atoms with Crippen molar-refractivity contribution in [3.8, 4) is 0 Å². The molecule has 0 spiro atoms. The van der Waals surface area contributed by atoms with Crippen LogP contribution in [0.1, 0.15) is 27.2 Å². The number of pyridine rings is 1. The molecule has 0 atom stereocenters. The largest absolute Gasteiger partial charge is 0.397 e. The van der Waals surface area contributed by atoms with Gasteiger partial charge in [-0.3, -0.25) is 9.78 Å². The van der Waals surface area contributed by atoms with Gasteiger partial charge < -0.3 is 10.6 Å². The Morgan fingerprint density at radius 2 is 1.70 bits per heavy atom. The highest BCUT2D eigenvalue weighted by atomic mass is 16.2. The van der Waals surface area contributed by atoms with E-state index in [-0.39, 0.29) is 5.91 Å². The first-order valence-corrected chi connectivity index (χ1v) is 6.47. The van der Waals surface area contributed by atoms with Gasteiger partial charge in [0, 0.05) is 12.7 Å². The number of hydrogen-bond donors (Lipinski definition) is 1. The minimum atomic E-state index is -0.104. The second kappa shape index (κ2) is 5.33.